The van der Waals surface area contributed by atoms with Crippen LogP contribution in [-0.2, 0) is 11.2 Å². The first-order chi connectivity index (χ1) is 9.16. The van der Waals surface area contributed by atoms with E-state index in [9.17, 15) is 4.79 Å². The zero-order chi connectivity index (χ0) is 13.7. The molecule has 1 aromatic rings. The quantitative estimate of drug-likeness (QED) is 0.869. The van der Waals surface area contributed by atoms with Gasteiger partial charge in [-0.3, -0.25) is 4.79 Å². The van der Waals surface area contributed by atoms with Gasteiger partial charge >= 0.3 is 0 Å². The highest BCUT2D eigenvalue weighted by atomic mass is 16.1. The van der Waals surface area contributed by atoms with Gasteiger partial charge in [-0.2, -0.15) is 0 Å². The lowest BCUT2D eigenvalue weighted by Gasteiger charge is -2.22. The summed E-state index contributed by atoms with van der Waals surface area (Å²) in [5.74, 6) is 0.366. The average Bonchev–Trinajstić information content (AvgIpc) is 2.42. The van der Waals surface area contributed by atoms with E-state index >= 15 is 0 Å². The van der Waals surface area contributed by atoms with E-state index in [0.29, 0.717) is 0 Å². The molecular weight excluding hydrogens is 236 g/mol. The Morgan fingerprint density at radius 2 is 2.26 bits per heavy atom. The SMILES string of the molecule is Cc1ccc(CCNC(=O)[C@@H]2CCCNC2)c(C)c1. The van der Waals surface area contributed by atoms with Gasteiger partial charge in [0, 0.05) is 13.1 Å². The highest BCUT2D eigenvalue weighted by Crippen LogP contribution is 2.12. The fourth-order valence-electron chi connectivity index (χ4n) is 2.67. The number of carbonyl (C=O) groups excluding carboxylic acids is 1. The van der Waals surface area contributed by atoms with Crippen molar-refractivity contribution in [1.29, 1.82) is 0 Å². The van der Waals surface area contributed by atoms with Crippen molar-refractivity contribution in [3.8, 4) is 0 Å². The Hall–Kier alpha value is -1.35. The first kappa shape index (κ1) is 14.1. The molecule has 0 spiro atoms. The van der Waals surface area contributed by atoms with Crippen molar-refractivity contribution >= 4 is 5.91 Å². The molecule has 1 fully saturated rings. The molecule has 1 heterocycles. The Morgan fingerprint density at radius 1 is 1.42 bits per heavy atom. The van der Waals surface area contributed by atoms with Crippen molar-refractivity contribution in [2.75, 3.05) is 19.6 Å². The van der Waals surface area contributed by atoms with E-state index in [2.05, 4.69) is 42.7 Å². The topological polar surface area (TPSA) is 41.1 Å². The summed E-state index contributed by atoms with van der Waals surface area (Å²) in [6.07, 6.45) is 3.04. The minimum atomic E-state index is 0.160. The summed E-state index contributed by atoms with van der Waals surface area (Å²) in [5.41, 5.74) is 3.93. The first-order valence-corrected chi connectivity index (χ1v) is 7.21. The number of carbonyl (C=O) groups is 1. The van der Waals surface area contributed by atoms with E-state index in [-0.39, 0.29) is 11.8 Å². The van der Waals surface area contributed by atoms with E-state index in [1.165, 1.54) is 16.7 Å². The van der Waals surface area contributed by atoms with E-state index in [4.69, 9.17) is 0 Å². The number of amides is 1. The van der Waals surface area contributed by atoms with Crippen LogP contribution < -0.4 is 10.6 Å². The summed E-state index contributed by atoms with van der Waals surface area (Å²) in [6, 6.07) is 6.50. The van der Waals surface area contributed by atoms with Crippen molar-refractivity contribution < 1.29 is 4.79 Å². The Morgan fingerprint density at radius 3 is 2.95 bits per heavy atom. The summed E-state index contributed by atoms with van der Waals surface area (Å²) in [6.45, 7) is 6.85. The molecule has 2 N–H and O–H groups in total. The molecule has 1 aliphatic heterocycles. The monoisotopic (exact) mass is 260 g/mol. The second-order valence-corrected chi connectivity index (χ2v) is 5.51. The molecule has 1 saturated heterocycles. The van der Waals surface area contributed by atoms with Crippen molar-refractivity contribution in [3.63, 3.8) is 0 Å². The van der Waals surface area contributed by atoms with Crippen LogP contribution in [0.4, 0.5) is 0 Å². The molecule has 1 atom stereocenters. The van der Waals surface area contributed by atoms with Gasteiger partial charge in [0.15, 0.2) is 0 Å². The Kier molecular flexibility index (Phi) is 4.97. The molecular formula is C16H24N2O. The molecule has 0 bridgehead atoms. The maximum Gasteiger partial charge on any atom is 0.224 e. The molecule has 3 heteroatoms. The van der Waals surface area contributed by atoms with Crippen LogP contribution in [0.1, 0.15) is 29.5 Å². The van der Waals surface area contributed by atoms with Crippen molar-refractivity contribution in [1.82, 2.24) is 10.6 Å². The Bertz CT molecular complexity index is 436. The van der Waals surface area contributed by atoms with Gasteiger partial charge in [-0.25, -0.2) is 0 Å². The molecule has 104 valence electrons. The number of aryl methyl sites for hydroxylation is 2. The number of hydrogen-bond acceptors (Lipinski definition) is 2. The van der Waals surface area contributed by atoms with E-state index < -0.39 is 0 Å². The van der Waals surface area contributed by atoms with Crippen LogP contribution in [0, 0.1) is 19.8 Å². The highest BCUT2D eigenvalue weighted by Gasteiger charge is 2.20. The van der Waals surface area contributed by atoms with Crippen LogP contribution in [-0.4, -0.2) is 25.5 Å². The summed E-state index contributed by atoms with van der Waals surface area (Å²) >= 11 is 0. The molecule has 19 heavy (non-hydrogen) atoms. The van der Waals surface area contributed by atoms with E-state index in [1.807, 2.05) is 0 Å². The Balaban J connectivity index is 1.78. The lowest BCUT2D eigenvalue weighted by molar-refractivity contribution is -0.125. The third-order valence-electron chi connectivity index (χ3n) is 3.86. The molecule has 0 aliphatic carbocycles. The number of benzene rings is 1. The fraction of sp³-hybridized carbons (Fsp3) is 0.562. The van der Waals surface area contributed by atoms with Gasteiger partial charge in [0.05, 0.1) is 5.92 Å². The van der Waals surface area contributed by atoms with Gasteiger partial charge in [-0.15, -0.1) is 0 Å². The molecule has 0 saturated carbocycles. The van der Waals surface area contributed by atoms with Gasteiger partial charge in [0.2, 0.25) is 5.91 Å². The van der Waals surface area contributed by atoms with Gasteiger partial charge in [0.1, 0.15) is 0 Å². The van der Waals surface area contributed by atoms with Crippen molar-refractivity contribution in [2.45, 2.75) is 33.1 Å². The van der Waals surface area contributed by atoms with E-state index in [0.717, 1.165) is 38.9 Å². The molecule has 3 nitrogen and oxygen atoms in total. The number of hydrogen-bond donors (Lipinski definition) is 2. The zero-order valence-corrected chi connectivity index (χ0v) is 12.0. The lowest BCUT2D eigenvalue weighted by Crippen LogP contribution is -2.41. The predicted molar refractivity (Wildman–Crippen MR) is 78.2 cm³/mol. The van der Waals surface area contributed by atoms with Gasteiger partial charge in [-0.05, 0) is 50.8 Å². The summed E-state index contributed by atoms with van der Waals surface area (Å²) in [7, 11) is 0. The molecule has 1 amide bonds. The first-order valence-electron chi connectivity index (χ1n) is 7.21. The number of rotatable bonds is 4. The second-order valence-electron chi connectivity index (χ2n) is 5.51. The smallest absolute Gasteiger partial charge is 0.224 e. The van der Waals surface area contributed by atoms with Crippen LogP contribution in [0.25, 0.3) is 0 Å². The minimum Gasteiger partial charge on any atom is -0.355 e. The van der Waals surface area contributed by atoms with Crippen LogP contribution in [0.5, 0.6) is 0 Å². The third-order valence-corrected chi connectivity index (χ3v) is 3.86. The maximum atomic E-state index is 12.0. The van der Waals surface area contributed by atoms with Crippen molar-refractivity contribution in [2.24, 2.45) is 5.92 Å². The minimum absolute atomic E-state index is 0.160. The van der Waals surface area contributed by atoms with Crippen LogP contribution >= 0.6 is 0 Å². The maximum absolute atomic E-state index is 12.0. The molecule has 0 radical (unpaired) electrons. The molecule has 1 aliphatic rings. The van der Waals surface area contributed by atoms with E-state index in [1.54, 1.807) is 0 Å². The number of nitrogens with one attached hydrogen (secondary N) is 2. The zero-order valence-electron chi connectivity index (χ0n) is 12.0. The fourth-order valence-corrected chi connectivity index (χ4v) is 2.67. The molecule has 2 rings (SSSR count). The second kappa shape index (κ2) is 6.71. The standard InChI is InChI=1S/C16H24N2O/c1-12-5-6-14(13(2)10-12)7-9-18-16(19)15-4-3-8-17-11-15/h5-6,10,15,17H,3-4,7-9,11H2,1-2H3,(H,18,19)/t15-/m1/s1. The summed E-state index contributed by atoms with van der Waals surface area (Å²) in [4.78, 5) is 12.0. The highest BCUT2D eigenvalue weighted by molar-refractivity contribution is 5.78. The summed E-state index contributed by atoms with van der Waals surface area (Å²) < 4.78 is 0. The van der Waals surface area contributed by atoms with Crippen LogP contribution in [0.3, 0.4) is 0 Å². The normalized spacial score (nSPS) is 19.2. The molecule has 1 aromatic carbocycles. The average molecular weight is 260 g/mol. The summed E-state index contributed by atoms with van der Waals surface area (Å²) in [5, 5.41) is 6.34. The lowest BCUT2D eigenvalue weighted by atomic mass is 9.98. The largest absolute Gasteiger partial charge is 0.355 e. The van der Waals surface area contributed by atoms with Crippen LogP contribution in [0.2, 0.25) is 0 Å². The van der Waals surface area contributed by atoms with Crippen LogP contribution in [0.15, 0.2) is 18.2 Å². The van der Waals surface area contributed by atoms with Gasteiger partial charge in [0.25, 0.3) is 0 Å². The predicted octanol–water partition coefficient (Wildman–Crippen LogP) is 1.96. The van der Waals surface area contributed by atoms with Crippen molar-refractivity contribution in [3.05, 3.63) is 34.9 Å². The molecule has 0 aromatic heterocycles. The van der Waals surface area contributed by atoms with Gasteiger partial charge < -0.3 is 10.6 Å². The Labute approximate surface area is 115 Å². The number of piperidine rings is 1. The molecule has 0 unspecified atom stereocenters. The van der Waals surface area contributed by atoms with Gasteiger partial charge in [-0.1, -0.05) is 23.8 Å². The third kappa shape index (κ3) is 4.06.